The number of aromatic nitrogens is 1. The minimum Gasteiger partial charge on any atom is -0.499 e. The van der Waals surface area contributed by atoms with E-state index < -0.39 is 11.8 Å². The third-order valence-electron chi connectivity index (χ3n) is 4.47. The molecular weight excluding hydrogens is 532 g/mol. The maximum absolute atomic E-state index is 13.9. The lowest BCUT2D eigenvalue weighted by molar-refractivity contribution is 0.0125. The fourth-order valence-electron chi connectivity index (χ4n) is 2.69. The molecule has 4 rings (SSSR count). The minimum atomic E-state index is -1.24. The molecule has 0 spiro atoms. The molecule has 10 heteroatoms. The van der Waals surface area contributed by atoms with Gasteiger partial charge in [0.2, 0.25) is 5.76 Å². The molecule has 32 heavy (non-hydrogen) atoms. The van der Waals surface area contributed by atoms with Gasteiger partial charge in [-0.15, -0.1) is 0 Å². The molecule has 0 atom stereocenters. The van der Waals surface area contributed by atoms with E-state index in [9.17, 15) is 14.3 Å². The molecule has 0 bridgehead atoms. The molecule has 0 aliphatic heterocycles. The lowest BCUT2D eigenvalue weighted by Gasteiger charge is -2.07. The average molecular weight is 555 g/mol. The highest BCUT2D eigenvalue weighted by Gasteiger charge is 2.21. The SMILES string of the molecule is C=COCCONCC1CC1.O=C(O)c1oc2ccncc2c1Nc1ccc(I)cc1F. The Morgan fingerprint density at radius 2 is 2.19 bits per heavy atom. The third kappa shape index (κ3) is 6.90. The van der Waals surface area contributed by atoms with Crippen molar-refractivity contribution in [3.63, 3.8) is 0 Å². The summed E-state index contributed by atoms with van der Waals surface area (Å²) in [6.45, 7) is 5.55. The van der Waals surface area contributed by atoms with E-state index in [2.05, 4.69) is 22.4 Å². The number of hydroxylamine groups is 1. The van der Waals surface area contributed by atoms with E-state index in [1.54, 1.807) is 12.1 Å². The summed E-state index contributed by atoms with van der Waals surface area (Å²) in [6, 6.07) is 6.16. The zero-order chi connectivity index (χ0) is 22.9. The van der Waals surface area contributed by atoms with Crippen LogP contribution in [0.2, 0.25) is 0 Å². The number of ether oxygens (including phenoxy) is 1. The van der Waals surface area contributed by atoms with Crippen molar-refractivity contribution in [2.45, 2.75) is 12.8 Å². The van der Waals surface area contributed by atoms with E-state index in [1.165, 1.54) is 43.6 Å². The van der Waals surface area contributed by atoms with E-state index >= 15 is 0 Å². The summed E-state index contributed by atoms with van der Waals surface area (Å²) in [4.78, 5) is 20.3. The van der Waals surface area contributed by atoms with E-state index in [0.29, 0.717) is 24.2 Å². The lowest BCUT2D eigenvalue weighted by atomic mass is 10.2. The van der Waals surface area contributed by atoms with Crippen LogP contribution in [0, 0.1) is 15.3 Å². The summed E-state index contributed by atoms with van der Waals surface area (Å²) in [6.07, 6.45) is 7.08. The second-order valence-corrected chi connectivity index (χ2v) is 8.16. The van der Waals surface area contributed by atoms with Crippen LogP contribution in [0.3, 0.4) is 0 Å². The van der Waals surface area contributed by atoms with Crippen LogP contribution in [-0.2, 0) is 9.57 Å². The summed E-state index contributed by atoms with van der Waals surface area (Å²) in [5.74, 6) is -1.14. The smallest absolute Gasteiger partial charge is 0.374 e. The van der Waals surface area contributed by atoms with E-state index in [1.807, 2.05) is 22.6 Å². The maximum atomic E-state index is 13.9. The number of aromatic carboxylic acids is 1. The van der Waals surface area contributed by atoms with Gasteiger partial charge in [-0.25, -0.2) is 14.7 Å². The number of rotatable bonds is 10. The molecule has 0 saturated heterocycles. The molecule has 2 heterocycles. The minimum absolute atomic E-state index is 0.171. The highest BCUT2D eigenvalue weighted by molar-refractivity contribution is 14.1. The number of halogens is 2. The number of carboxylic acids is 1. The van der Waals surface area contributed by atoms with Gasteiger partial charge in [-0.1, -0.05) is 6.58 Å². The number of nitrogens with one attached hydrogen (secondary N) is 2. The first-order valence-corrected chi connectivity index (χ1v) is 11.0. The molecular formula is C22H23FIN3O5. The number of hydrogen-bond donors (Lipinski definition) is 3. The number of benzene rings is 1. The van der Waals surface area contributed by atoms with Gasteiger partial charge in [0, 0.05) is 22.5 Å². The van der Waals surface area contributed by atoms with Gasteiger partial charge in [0.05, 0.1) is 17.3 Å². The van der Waals surface area contributed by atoms with Crippen LogP contribution < -0.4 is 10.8 Å². The van der Waals surface area contributed by atoms with Gasteiger partial charge in [0.15, 0.2) is 0 Å². The predicted molar refractivity (Wildman–Crippen MR) is 126 cm³/mol. The van der Waals surface area contributed by atoms with Crippen LogP contribution in [0.5, 0.6) is 0 Å². The molecule has 1 aromatic carbocycles. The van der Waals surface area contributed by atoms with Gasteiger partial charge >= 0.3 is 5.97 Å². The van der Waals surface area contributed by atoms with E-state index in [-0.39, 0.29) is 17.1 Å². The first-order valence-electron chi connectivity index (χ1n) is 9.88. The lowest BCUT2D eigenvalue weighted by Crippen LogP contribution is -2.19. The summed E-state index contributed by atoms with van der Waals surface area (Å²) in [5, 5.41) is 12.5. The predicted octanol–water partition coefficient (Wildman–Crippen LogP) is 5.09. The summed E-state index contributed by atoms with van der Waals surface area (Å²) in [7, 11) is 0. The van der Waals surface area contributed by atoms with Crippen molar-refractivity contribution in [2.24, 2.45) is 5.92 Å². The second-order valence-electron chi connectivity index (χ2n) is 6.91. The first-order chi connectivity index (χ1) is 15.5. The fraction of sp³-hybridized carbons (Fsp3) is 0.273. The monoisotopic (exact) mass is 555 g/mol. The Kier molecular flexibility index (Phi) is 8.82. The number of furan rings is 1. The quantitative estimate of drug-likeness (QED) is 0.138. The standard InChI is InChI=1S/C14H8FIN2O3.C8H15NO2/c15-9-5-7(16)1-2-10(9)18-12-8-6-17-4-3-11(8)21-13(12)14(19)20;1-2-10-5-6-11-9-7-8-3-4-8/h1-6,18H,(H,19,20);2,8-9H,1,3-7H2. The maximum Gasteiger partial charge on any atom is 0.374 e. The van der Waals surface area contributed by atoms with E-state index in [0.717, 1.165) is 16.0 Å². The highest BCUT2D eigenvalue weighted by Crippen LogP contribution is 2.33. The molecule has 1 fully saturated rings. The van der Waals surface area contributed by atoms with Gasteiger partial charge in [-0.3, -0.25) is 9.82 Å². The van der Waals surface area contributed by atoms with Crippen LogP contribution >= 0.6 is 22.6 Å². The van der Waals surface area contributed by atoms with Gasteiger partial charge in [0.25, 0.3) is 0 Å². The number of hydrogen-bond acceptors (Lipinski definition) is 7. The summed E-state index contributed by atoms with van der Waals surface area (Å²) < 4.78 is 24.8. The fourth-order valence-corrected chi connectivity index (χ4v) is 3.14. The van der Waals surface area contributed by atoms with Crippen molar-refractivity contribution in [1.82, 2.24) is 10.5 Å². The molecule has 170 valence electrons. The van der Waals surface area contributed by atoms with Gasteiger partial charge in [0.1, 0.15) is 30.3 Å². The van der Waals surface area contributed by atoms with Crippen LogP contribution in [-0.4, -0.2) is 35.8 Å². The number of carboxylic acid groups (broad SMARTS) is 1. The zero-order valence-corrected chi connectivity index (χ0v) is 19.3. The van der Waals surface area contributed by atoms with Crippen molar-refractivity contribution in [3.05, 3.63) is 64.6 Å². The van der Waals surface area contributed by atoms with Crippen molar-refractivity contribution in [2.75, 3.05) is 25.1 Å². The molecule has 8 nitrogen and oxygen atoms in total. The van der Waals surface area contributed by atoms with Gasteiger partial charge in [-0.05, 0) is 65.6 Å². The Hall–Kier alpha value is -2.70. The molecule has 0 radical (unpaired) electrons. The summed E-state index contributed by atoms with van der Waals surface area (Å²) in [5.41, 5.74) is 3.62. The Bertz CT molecular complexity index is 1070. The number of anilines is 2. The largest absolute Gasteiger partial charge is 0.499 e. The van der Waals surface area contributed by atoms with Crippen LogP contribution in [0.4, 0.5) is 15.8 Å². The van der Waals surface area contributed by atoms with Crippen molar-refractivity contribution >= 4 is 50.9 Å². The molecule has 0 amide bonds. The van der Waals surface area contributed by atoms with Crippen LogP contribution in [0.15, 0.2) is 53.9 Å². The topological polar surface area (TPSA) is 106 Å². The second kappa shape index (κ2) is 11.8. The molecule has 2 aromatic heterocycles. The zero-order valence-electron chi connectivity index (χ0n) is 17.1. The first kappa shape index (κ1) is 24.0. The summed E-state index contributed by atoms with van der Waals surface area (Å²) >= 11 is 1.99. The molecule has 1 saturated carbocycles. The number of pyridine rings is 1. The third-order valence-corrected chi connectivity index (χ3v) is 5.14. The van der Waals surface area contributed by atoms with Gasteiger partial charge in [-0.2, -0.15) is 0 Å². The Morgan fingerprint density at radius 1 is 1.38 bits per heavy atom. The molecule has 1 aliphatic rings. The Balaban J connectivity index is 0.000000222. The average Bonchev–Trinajstić information content (AvgIpc) is 3.53. The Labute approximate surface area is 197 Å². The van der Waals surface area contributed by atoms with Gasteiger partial charge < -0.3 is 19.6 Å². The van der Waals surface area contributed by atoms with Crippen LogP contribution in [0.25, 0.3) is 11.0 Å². The van der Waals surface area contributed by atoms with E-state index in [4.69, 9.17) is 14.0 Å². The van der Waals surface area contributed by atoms with Crippen molar-refractivity contribution in [1.29, 1.82) is 0 Å². The highest BCUT2D eigenvalue weighted by atomic mass is 127. The van der Waals surface area contributed by atoms with Crippen molar-refractivity contribution in [3.8, 4) is 0 Å². The normalized spacial score (nSPS) is 12.7. The molecule has 1 aliphatic carbocycles. The number of fused-ring (bicyclic) bond motifs is 1. The number of nitrogens with zero attached hydrogens (tertiary/aromatic N) is 1. The number of carbonyl (C=O) groups is 1. The molecule has 3 aromatic rings. The van der Waals surface area contributed by atoms with Crippen LogP contribution in [0.1, 0.15) is 23.4 Å². The molecule has 3 N–H and O–H groups in total. The molecule has 0 unspecified atom stereocenters. The Morgan fingerprint density at radius 3 is 2.88 bits per heavy atom. The van der Waals surface area contributed by atoms with Crippen molar-refractivity contribution < 1.29 is 28.3 Å².